The van der Waals surface area contributed by atoms with E-state index in [9.17, 15) is 0 Å². The topological polar surface area (TPSA) is 15.3 Å². The molecule has 2 atom stereocenters. The summed E-state index contributed by atoms with van der Waals surface area (Å²) in [6.07, 6.45) is 8.22. The minimum absolute atomic E-state index is 0.514. The zero-order valence-electron chi connectivity index (χ0n) is 13.6. The predicted octanol–water partition coefficient (Wildman–Crippen LogP) is 3.92. The number of fused-ring (bicyclic) bond motifs is 1. The van der Waals surface area contributed by atoms with E-state index in [1.54, 1.807) is 11.1 Å². The first-order valence-electron chi connectivity index (χ1n) is 8.92. The molecule has 0 radical (unpaired) electrons. The lowest BCUT2D eigenvalue weighted by Crippen LogP contribution is -2.50. The van der Waals surface area contributed by atoms with Crippen LogP contribution < -0.4 is 5.32 Å². The van der Waals surface area contributed by atoms with E-state index in [2.05, 4.69) is 48.3 Å². The highest BCUT2D eigenvalue weighted by Crippen LogP contribution is 2.36. The van der Waals surface area contributed by atoms with Gasteiger partial charge in [0.25, 0.3) is 0 Å². The van der Waals surface area contributed by atoms with E-state index < -0.39 is 0 Å². The molecule has 1 fully saturated rings. The summed E-state index contributed by atoms with van der Waals surface area (Å²) in [5.74, 6) is 0. The molecule has 2 aliphatic rings. The number of aryl methyl sites for hydroxylation is 1. The van der Waals surface area contributed by atoms with Crippen molar-refractivity contribution in [3.63, 3.8) is 0 Å². The van der Waals surface area contributed by atoms with Crippen LogP contribution in [0.15, 0.2) is 24.3 Å². The van der Waals surface area contributed by atoms with E-state index in [4.69, 9.17) is 0 Å². The van der Waals surface area contributed by atoms with E-state index in [1.807, 2.05) is 0 Å². The Hall–Kier alpha value is -0.860. The average molecular weight is 286 g/mol. The first-order valence-corrected chi connectivity index (χ1v) is 8.92. The molecule has 1 aromatic carbocycles. The number of rotatable bonds is 5. The van der Waals surface area contributed by atoms with Crippen LogP contribution in [0.3, 0.4) is 0 Å². The van der Waals surface area contributed by atoms with Crippen molar-refractivity contribution in [1.29, 1.82) is 0 Å². The molecule has 2 nitrogen and oxygen atoms in total. The van der Waals surface area contributed by atoms with Gasteiger partial charge in [-0.05, 0) is 49.9 Å². The minimum atomic E-state index is 0.514. The van der Waals surface area contributed by atoms with Gasteiger partial charge in [-0.15, -0.1) is 0 Å². The van der Waals surface area contributed by atoms with Crippen LogP contribution in [0.25, 0.3) is 0 Å². The van der Waals surface area contributed by atoms with Crippen LogP contribution in [0, 0.1) is 0 Å². The summed E-state index contributed by atoms with van der Waals surface area (Å²) in [5.41, 5.74) is 3.11. The number of likely N-dealkylation sites (N-methyl/N-ethyl adjacent to an activating group) is 2. The van der Waals surface area contributed by atoms with Gasteiger partial charge in [0, 0.05) is 18.1 Å². The Bertz CT molecular complexity index is 451. The second kappa shape index (κ2) is 6.93. The van der Waals surface area contributed by atoms with Crippen molar-refractivity contribution in [1.82, 2.24) is 10.2 Å². The molecule has 1 aromatic rings. The Kier molecular flexibility index (Phi) is 4.97. The van der Waals surface area contributed by atoms with Crippen molar-refractivity contribution in [2.75, 3.05) is 13.1 Å². The lowest BCUT2D eigenvalue weighted by Gasteiger charge is -2.44. The molecule has 21 heavy (non-hydrogen) atoms. The molecule has 0 aliphatic heterocycles. The van der Waals surface area contributed by atoms with Gasteiger partial charge in [0.05, 0.1) is 0 Å². The molecule has 0 amide bonds. The number of nitrogens with one attached hydrogen (secondary N) is 1. The van der Waals surface area contributed by atoms with Gasteiger partial charge in [0.15, 0.2) is 0 Å². The normalized spacial score (nSPS) is 26.2. The smallest absolute Gasteiger partial charge is 0.0481 e. The van der Waals surface area contributed by atoms with Crippen molar-refractivity contribution in [3.05, 3.63) is 35.4 Å². The second-order valence-corrected chi connectivity index (χ2v) is 6.61. The van der Waals surface area contributed by atoms with Crippen LogP contribution in [-0.2, 0) is 6.42 Å². The molecule has 3 rings (SSSR count). The molecule has 0 bridgehead atoms. The third-order valence-electron chi connectivity index (χ3n) is 5.49. The molecule has 0 heterocycles. The maximum Gasteiger partial charge on any atom is 0.0481 e. The fourth-order valence-corrected chi connectivity index (χ4v) is 4.57. The molecule has 0 aromatic heterocycles. The summed E-state index contributed by atoms with van der Waals surface area (Å²) in [7, 11) is 0. The van der Waals surface area contributed by atoms with Crippen LogP contribution in [-0.4, -0.2) is 30.1 Å². The van der Waals surface area contributed by atoms with Crippen LogP contribution in [0.2, 0.25) is 0 Å². The van der Waals surface area contributed by atoms with Crippen LogP contribution in [0.1, 0.15) is 63.1 Å². The van der Waals surface area contributed by atoms with Crippen molar-refractivity contribution in [2.24, 2.45) is 0 Å². The number of nitrogens with zero attached hydrogens (tertiary/aromatic N) is 1. The molecule has 2 heteroatoms. The van der Waals surface area contributed by atoms with Crippen molar-refractivity contribution < 1.29 is 0 Å². The molecule has 116 valence electrons. The van der Waals surface area contributed by atoms with Gasteiger partial charge in [-0.3, -0.25) is 4.90 Å². The number of hydrogen-bond acceptors (Lipinski definition) is 2. The van der Waals surface area contributed by atoms with Gasteiger partial charge in [0.1, 0.15) is 0 Å². The molecular formula is C19H30N2. The third kappa shape index (κ3) is 3.02. The summed E-state index contributed by atoms with van der Waals surface area (Å²) in [6, 6.07) is 11.1. The van der Waals surface area contributed by atoms with Gasteiger partial charge >= 0.3 is 0 Å². The van der Waals surface area contributed by atoms with Crippen LogP contribution in [0.4, 0.5) is 0 Å². The van der Waals surface area contributed by atoms with E-state index in [1.165, 1.54) is 45.1 Å². The van der Waals surface area contributed by atoms with Crippen molar-refractivity contribution in [3.8, 4) is 0 Å². The maximum atomic E-state index is 3.79. The Labute approximate surface area is 129 Å². The summed E-state index contributed by atoms with van der Waals surface area (Å²) in [6.45, 7) is 6.83. The largest absolute Gasteiger partial charge is 0.309 e. The van der Waals surface area contributed by atoms with E-state index in [-0.39, 0.29) is 0 Å². The highest BCUT2D eigenvalue weighted by Gasteiger charge is 2.36. The molecule has 2 aliphatic carbocycles. The predicted molar refractivity (Wildman–Crippen MR) is 89.6 cm³/mol. The Morgan fingerprint density at radius 1 is 1.10 bits per heavy atom. The zero-order chi connectivity index (χ0) is 14.7. The maximum absolute atomic E-state index is 3.79. The quantitative estimate of drug-likeness (QED) is 0.882. The van der Waals surface area contributed by atoms with E-state index >= 15 is 0 Å². The lowest BCUT2D eigenvalue weighted by atomic mass is 9.82. The third-order valence-corrected chi connectivity index (χ3v) is 5.49. The number of benzene rings is 1. The average Bonchev–Trinajstić information content (AvgIpc) is 3.04. The van der Waals surface area contributed by atoms with Gasteiger partial charge in [-0.1, -0.05) is 51.0 Å². The Morgan fingerprint density at radius 2 is 1.86 bits per heavy atom. The van der Waals surface area contributed by atoms with E-state index in [0.717, 1.165) is 12.6 Å². The van der Waals surface area contributed by atoms with Crippen molar-refractivity contribution >= 4 is 0 Å². The molecule has 0 spiro atoms. The molecule has 1 N–H and O–H groups in total. The van der Waals surface area contributed by atoms with E-state index in [0.29, 0.717) is 12.1 Å². The molecular weight excluding hydrogens is 256 g/mol. The van der Waals surface area contributed by atoms with Gasteiger partial charge in [-0.25, -0.2) is 0 Å². The van der Waals surface area contributed by atoms with Crippen LogP contribution >= 0.6 is 0 Å². The summed E-state index contributed by atoms with van der Waals surface area (Å²) in [5, 5.41) is 3.79. The summed E-state index contributed by atoms with van der Waals surface area (Å²) >= 11 is 0. The highest BCUT2D eigenvalue weighted by atomic mass is 15.2. The molecule has 2 unspecified atom stereocenters. The fraction of sp³-hybridized carbons (Fsp3) is 0.684. The standard InChI is InChI=1S/C19H30N2/c1-3-20-19-17-12-8-5-9-15(17)13-14-18(19)21(4-2)16-10-6-7-11-16/h5,8-9,12,16,18-20H,3-4,6-7,10-11,13-14H2,1-2H3. The van der Waals surface area contributed by atoms with Crippen LogP contribution in [0.5, 0.6) is 0 Å². The Balaban J connectivity index is 1.86. The first kappa shape index (κ1) is 15.1. The number of hydrogen-bond donors (Lipinski definition) is 1. The van der Waals surface area contributed by atoms with Gasteiger partial charge in [0.2, 0.25) is 0 Å². The minimum Gasteiger partial charge on any atom is -0.309 e. The lowest BCUT2D eigenvalue weighted by molar-refractivity contribution is 0.0998. The fourth-order valence-electron chi connectivity index (χ4n) is 4.57. The summed E-state index contributed by atoms with van der Waals surface area (Å²) in [4.78, 5) is 2.82. The van der Waals surface area contributed by atoms with Crippen molar-refractivity contribution in [2.45, 2.75) is 70.5 Å². The van der Waals surface area contributed by atoms with Gasteiger partial charge < -0.3 is 5.32 Å². The summed E-state index contributed by atoms with van der Waals surface area (Å²) < 4.78 is 0. The SMILES string of the molecule is CCNC1c2ccccc2CCC1N(CC)C1CCCC1. The Morgan fingerprint density at radius 3 is 2.57 bits per heavy atom. The second-order valence-electron chi connectivity index (χ2n) is 6.61. The molecule has 0 saturated heterocycles. The highest BCUT2D eigenvalue weighted by molar-refractivity contribution is 5.34. The van der Waals surface area contributed by atoms with Gasteiger partial charge in [-0.2, -0.15) is 0 Å². The monoisotopic (exact) mass is 286 g/mol. The first-order chi connectivity index (χ1) is 10.3. The zero-order valence-corrected chi connectivity index (χ0v) is 13.6. The molecule has 1 saturated carbocycles.